The van der Waals surface area contributed by atoms with E-state index in [0.717, 1.165) is 0 Å². The lowest BCUT2D eigenvalue weighted by Gasteiger charge is -2.32. The summed E-state index contributed by atoms with van der Waals surface area (Å²) in [7, 11) is 1.39. The fraction of sp³-hybridized carbons (Fsp3) is 0.846. The molecule has 0 N–H and O–H groups in total. The van der Waals surface area contributed by atoms with Gasteiger partial charge in [-0.1, -0.05) is 6.08 Å². The molecule has 0 saturated carbocycles. The fourth-order valence-corrected chi connectivity index (χ4v) is 1.49. The molecule has 0 aliphatic carbocycles. The lowest BCUT2D eigenvalue weighted by Crippen LogP contribution is -2.41. The van der Waals surface area contributed by atoms with Crippen molar-refractivity contribution >= 4 is 7.12 Å². The minimum absolute atomic E-state index is 0.222. The molecule has 0 radical (unpaired) electrons. The highest BCUT2D eigenvalue weighted by Gasteiger charge is 2.50. The molecule has 0 unspecified atom stereocenters. The van der Waals surface area contributed by atoms with Gasteiger partial charge in [-0.15, -0.1) is 0 Å². The smallest absolute Gasteiger partial charge is 0.461 e. The summed E-state index contributed by atoms with van der Waals surface area (Å²) in [5.74, 6) is -0.605. The van der Waals surface area contributed by atoms with E-state index in [1.54, 1.807) is 13.4 Å². The fourth-order valence-electron chi connectivity index (χ4n) is 1.49. The molecule has 0 spiro atoms. The van der Waals surface area contributed by atoms with Crippen molar-refractivity contribution in [2.45, 2.75) is 64.9 Å². The first-order valence-electron chi connectivity index (χ1n) is 6.33. The van der Waals surface area contributed by atoms with Gasteiger partial charge in [0.15, 0.2) is 0 Å². The molecule has 0 aromatic carbocycles. The molecule has 0 aromatic heterocycles. The molecule has 18 heavy (non-hydrogen) atoms. The molecular weight excluding hydrogens is 231 g/mol. The molecule has 104 valence electrons. The predicted octanol–water partition coefficient (Wildman–Crippen LogP) is 2.99. The van der Waals surface area contributed by atoms with Crippen LogP contribution in [0.15, 0.2) is 12.3 Å². The Morgan fingerprint density at radius 3 is 2.06 bits per heavy atom. The second kappa shape index (κ2) is 5.23. The van der Waals surface area contributed by atoms with E-state index in [9.17, 15) is 0 Å². The summed E-state index contributed by atoms with van der Waals surface area (Å²) < 4.78 is 22.3. The van der Waals surface area contributed by atoms with E-state index in [4.69, 9.17) is 18.8 Å². The Morgan fingerprint density at radius 1 is 1.11 bits per heavy atom. The average Bonchev–Trinajstić information content (AvgIpc) is 2.43. The summed E-state index contributed by atoms with van der Waals surface area (Å²) >= 11 is 0. The van der Waals surface area contributed by atoms with Crippen molar-refractivity contribution in [3.8, 4) is 0 Å². The highest BCUT2D eigenvalue weighted by molar-refractivity contribution is 6.46. The number of methoxy groups -OCH3 is 1. The number of ether oxygens (including phenoxy) is 2. The maximum atomic E-state index is 5.86. The first-order valence-corrected chi connectivity index (χ1v) is 6.33. The van der Waals surface area contributed by atoms with Gasteiger partial charge >= 0.3 is 7.12 Å². The Labute approximate surface area is 111 Å². The maximum Gasteiger partial charge on any atom is 0.461 e. The second-order valence-corrected chi connectivity index (χ2v) is 6.02. The molecule has 1 fully saturated rings. The Bertz CT molecular complexity index is 294. The molecule has 5 heteroatoms. The summed E-state index contributed by atoms with van der Waals surface area (Å²) in [6.07, 6.45) is 4.18. The van der Waals surface area contributed by atoms with Gasteiger partial charge in [0.05, 0.1) is 17.5 Å². The van der Waals surface area contributed by atoms with Crippen molar-refractivity contribution in [2.75, 3.05) is 7.11 Å². The molecule has 4 nitrogen and oxygen atoms in total. The van der Waals surface area contributed by atoms with Crippen LogP contribution in [0.3, 0.4) is 0 Å². The number of rotatable bonds is 5. The van der Waals surface area contributed by atoms with Gasteiger partial charge in [0.1, 0.15) is 0 Å². The third-order valence-electron chi connectivity index (χ3n) is 3.57. The van der Waals surface area contributed by atoms with Gasteiger partial charge in [0.25, 0.3) is 0 Å². The van der Waals surface area contributed by atoms with Crippen LogP contribution in [0.1, 0.15) is 41.5 Å². The highest BCUT2D eigenvalue weighted by Crippen LogP contribution is 2.37. The number of allylic oxidation sites excluding steroid dienone is 1. The lowest BCUT2D eigenvalue weighted by atomic mass is 9.85. The average molecular weight is 256 g/mol. The van der Waals surface area contributed by atoms with Gasteiger partial charge in [0, 0.05) is 27.3 Å². The van der Waals surface area contributed by atoms with Crippen LogP contribution in [-0.4, -0.2) is 31.2 Å². The molecule has 1 saturated heterocycles. The van der Waals surface area contributed by atoms with Gasteiger partial charge < -0.3 is 18.8 Å². The lowest BCUT2D eigenvalue weighted by molar-refractivity contribution is -0.161. The van der Waals surface area contributed by atoms with Crippen LogP contribution in [0.2, 0.25) is 6.32 Å². The third kappa shape index (κ3) is 3.74. The van der Waals surface area contributed by atoms with Crippen molar-refractivity contribution in [3.05, 3.63) is 12.3 Å². The number of hydrogen-bond acceptors (Lipinski definition) is 4. The van der Waals surface area contributed by atoms with E-state index < -0.39 is 5.79 Å². The monoisotopic (exact) mass is 256 g/mol. The Hall–Kier alpha value is -0.515. The van der Waals surface area contributed by atoms with Crippen molar-refractivity contribution in [1.82, 2.24) is 0 Å². The van der Waals surface area contributed by atoms with Crippen LogP contribution in [-0.2, 0) is 18.8 Å². The highest BCUT2D eigenvalue weighted by atomic mass is 16.7. The standard InChI is InChI=1S/C13H25BO4/c1-11(2)12(3,4)18-14(17-11)9-8-10-16-13(5,6)15-7/h8,10H,9H2,1-7H3/b10-8-. The minimum Gasteiger partial charge on any atom is -0.471 e. The van der Waals surface area contributed by atoms with Crippen LogP contribution in [0.4, 0.5) is 0 Å². The van der Waals surface area contributed by atoms with Crippen LogP contribution < -0.4 is 0 Å². The van der Waals surface area contributed by atoms with E-state index in [1.807, 2.05) is 47.6 Å². The molecule has 1 rings (SSSR count). The Balaban J connectivity index is 2.41. The topological polar surface area (TPSA) is 36.9 Å². The molecule has 1 aliphatic heterocycles. The zero-order chi connectivity index (χ0) is 14.0. The van der Waals surface area contributed by atoms with E-state index in [1.165, 1.54) is 0 Å². The zero-order valence-electron chi connectivity index (χ0n) is 12.6. The molecule has 0 atom stereocenters. The largest absolute Gasteiger partial charge is 0.471 e. The van der Waals surface area contributed by atoms with Gasteiger partial charge in [0.2, 0.25) is 5.79 Å². The van der Waals surface area contributed by atoms with Crippen LogP contribution in [0.25, 0.3) is 0 Å². The second-order valence-electron chi connectivity index (χ2n) is 6.02. The summed E-state index contributed by atoms with van der Waals surface area (Å²) in [6.45, 7) is 11.9. The summed E-state index contributed by atoms with van der Waals surface area (Å²) in [6, 6.07) is 0. The summed E-state index contributed by atoms with van der Waals surface area (Å²) in [5, 5.41) is 0. The molecule has 1 heterocycles. The van der Waals surface area contributed by atoms with Crippen molar-refractivity contribution in [1.29, 1.82) is 0 Å². The SMILES string of the molecule is COC(C)(C)O/C=C\CB1OC(C)(C)C(C)(C)O1. The molecule has 0 bridgehead atoms. The van der Waals surface area contributed by atoms with E-state index >= 15 is 0 Å². The quantitative estimate of drug-likeness (QED) is 0.430. The maximum absolute atomic E-state index is 5.86. The van der Waals surface area contributed by atoms with Crippen LogP contribution in [0, 0.1) is 0 Å². The predicted molar refractivity (Wildman–Crippen MR) is 72.2 cm³/mol. The normalized spacial score (nSPS) is 22.7. The molecule has 0 aromatic rings. The van der Waals surface area contributed by atoms with E-state index in [0.29, 0.717) is 6.32 Å². The Kier molecular flexibility index (Phi) is 4.52. The van der Waals surface area contributed by atoms with Crippen molar-refractivity contribution in [3.63, 3.8) is 0 Å². The van der Waals surface area contributed by atoms with E-state index in [-0.39, 0.29) is 18.3 Å². The van der Waals surface area contributed by atoms with Crippen molar-refractivity contribution in [2.24, 2.45) is 0 Å². The number of hydrogen-bond donors (Lipinski definition) is 0. The molecular formula is C13H25BO4. The van der Waals surface area contributed by atoms with Gasteiger partial charge in [-0.2, -0.15) is 0 Å². The van der Waals surface area contributed by atoms with Crippen molar-refractivity contribution < 1.29 is 18.8 Å². The van der Waals surface area contributed by atoms with E-state index in [2.05, 4.69) is 0 Å². The first-order chi connectivity index (χ1) is 8.10. The molecule has 1 aliphatic rings. The van der Waals surface area contributed by atoms with Crippen LogP contribution >= 0.6 is 0 Å². The Morgan fingerprint density at radius 2 is 1.61 bits per heavy atom. The van der Waals surface area contributed by atoms with Gasteiger partial charge in [-0.05, 0) is 27.7 Å². The zero-order valence-corrected chi connectivity index (χ0v) is 12.6. The summed E-state index contributed by atoms with van der Waals surface area (Å²) in [4.78, 5) is 0. The van der Waals surface area contributed by atoms with Gasteiger partial charge in [-0.25, -0.2) is 0 Å². The minimum atomic E-state index is -0.605. The van der Waals surface area contributed by atoms with Crippen LogP contribution in [0.5, 0.6) is 0 Å². The third-order valence-corrected chi connectivity index (χ3v) is 3.57. The molecule has 0 amide bonds. The van der Waals surface area contributed by atoms with Gasteiger partial charge in [-0.3, -0.25) is 0 Å². The summed E-state index contributed by atoms with van der Waals surface area (Å²) in [5.41, 5.74) is -0.559. The first kappa shape index (κ1) is 15.5.